The second-order valence-electron chi connectivity index (χ2n) is 3.09. The fourth-order valence-electron chi connectivity index (χ4n) is 1.04. The highest BCUT2D eigenvalue weighted by atomic mass is 35.5. The summed E-state index contributed by atoms with van der Waals surface area (Å²) in [7, 11) is 0. The van der Waals surface area contributed by atoms with Crippen LogP contribution in [0.25, 0.3) is 0 Å². The average Bonchev–Trinajstić information content (AvgIpc) is 2.29. The highest BCUT2D eigenvalue weighted by Crippen LogP contribution is 1.99. The van der Waals surface area contributed by atoms with Gasteiger partial charge >= 0.3 is 0 Å². The predicted molar refractivity (Wildman–Crippen MR) is 60.4 cm³/mol. The Kier molecular flexibility index (Phi) is 4.72. The minimum Gasteiger partial charge on any atom is -0.364 e. The number of hydrogen-bond donors (Lipinski definition) is 2. The molecule has 0 saturated carbocycles. The van der Waals surface area contributed by atoms with E-state index in [0.717, 1.165) is 0 Å². The molecule has 1 aromatic heterocycles. The summed E-state index contributed by atoms with van der Waals surface area (Å²) in [5, 5.41) is 2.67. The average molecular weight is 242 g/mol. The molecule has 0 saturated heterocycles. The van der Waals surface area contributed by atoms with Gasteiger partial charge in [0.2, 0.25) is 0 Å². The third kappa shape index (κ3) is 3.51. The molecular weight excluding hydrogens is 230 g/mol. The fraction of sp³-hybridized carbons (Fsp3) is 0.300. The molecule has 3 N–H and O–H groups in total. The van der Waals surface area contributed by atoms with Crippen molar-refractivity contribution in [1.82, 2.24) is 10.3 Å². The number of halogens is 1. The van der Waals surface area contributed by atoms with Crippen molar-refractivity contribution in [3.63, 3.8) is 0 Å². The molecule has 6 heteroatoms. The molecule has 5 nitrogen and oxygen atoms in total. The Morgan fingerprint density at radius 1 is 1.44 bits per heavy atom. The highest BCUT2D eigenvalue weighted by Gasteiger charge is 2.07. The van der Waals surface area contributed by atoms with Crippen LogP contribution in [-0.2, 0) is 0 Å². The molecule has 0 aliphatic rings. The van der Waals surface area contributed by atoms with E-state index in [1.54, 1.807) is 0 Å². The molecule has 0 radical (unpaired) electrons. The normalized spacial score (nSPS) is 9.81. The first kappa shape index (κ1) is 12.4. The number of carbonyl (C=O) groups excluding carboxylic acids is 2. The molecule has 2 amide bonds. The molecule has 0 spiro atoms. The number of nitrogens with one attached hydrogen (secondary N) is 1. The molecule has 86 valence electrons. The van der Waals surface area contributed by atoms with Gasteiger partial charge in [-0.25, -0.2) is 0 Å². The van der Waals surface area contributed by atoms with Crippen LogP contribution >= 0.6 is 11.6 Å². The maximum atomic E-state index is 11.5. The van der Waals surface area contributed by atoms with Crippen molar-refractivity contribution in [2.45, 2.75) is 6.42 Å². The maximum Gasteiger partial charge on any atom is 0.267 e. The smallest absolute Gasteiger partial charge is 0.267 e. The van der Waals surface area contributed by atoms with Gasteiger partial charge in [-0.05, 0) is 18.6 Å². The van der Waals surface area contributed by atoms with Crippen LogP contribution in [0.5, 0.6) is 0 Å². The molecule has 0 fully saturated rings. The van der Waals surface area contributed by atoms with Crippen molar-refractivity contribution < 1.29 is 9.59 Å². The van der Waals surface area contributed by atoms with Gasteiger partial charge in [0, 0.05) is 18.6 Å². The topological polar surface area (TPSA) is 85.1 Å². The van der Waals surface area contributed by atoms with Gasteiger partial charge in [-0.15, -0.1) is 11.6 Å². The third-order valence-electron chi connectivity index (χ3n) is 1.87. The molecule has 16 heavy (non-hydrogen) atoms. The summed E-state index contributed by atoms with van der Waals surface area (Å²) in [6, 6.07) is 2.92. The minimum absolute atomic E-state index is 0.136. The van der Waals surface area contributed by atoms with Crippen LogP contribution < -0.4 is 11.1 Å². The van der Waals surface area contributed by atoms with Crippen LogP contribution in [0.3, 0.4) is 0 Å². The first-order chi connectivity index (χ1) is 7.65. The summed E-state index contributed by atoms with van der Waals surface area (Å²) >= 11 is 5.47. The van der Waals surface area contributed by atoms with Gasteiger partial charge in [0.25, 0.3) is 11.8 Å². The van der Waals surface area contributed by atoms with Crippen LogP contribution in [0.15, 0.2) is 18.3 Å². The Bertz CT molecular complexity index is 378. The second-order valence-corrected chi connectivity index (χ2v) is 3.47. The Morgan fingerprint density at radius 3 is 2.69 bits per heavy atom. The van der Waals surface area contributed by atoms with Gasteiger partial charge in [0.15, 0.2) is 0 Å². The van der Waals surface area contributed by atoms with Gasteiger partial charge in [0.05, 0.1) is 5.56 Å². The zero-order valence-electron chi connectivity index (χ0n) is 8.57. The van der Waals surface area contributed by atoms with E-state index in [1.165, 1.54) is 18.3 Å². The number of nitrogens with two attached hydrogens (primary N) is 1. The number of pyridine rings is 1. The van der Waals surface area contributed by atoms with E-state index in [0.29, 0.717) is 24.4 Å². The zero-order chi connectivity index (χ0) is 12.0. The van der Waals surface area contributed by atoms with E-state index in [9.17, 15) is 9.59 Å². The molecule has 0 aromatic carbocycles. The molecule has 0 aliphatic heterocycles. The number of amides is 2. The lowest BCUT2D eigenvalue weighted by atomic mass is 10.2. The molecule has 0 atom stereocenters. The van der Waals surface area contributed by atoms with Crippen LogP contribution in [0, 0.1) is 0 Å². The molecule has 1 heterocycles. The van der Waals surface area contributed by atoms with Crippen molar-refractivity contribution >= 4 is 23.4 Å². The first-order valence-electron chi connectivity index (χ1n) is 4.75. The Labute approximate surface area is 98.0 Å². The SMILES string of the molecule is NC(=O)c1ccc(C(=O)NCCCCl)cn1. The lowest BCUT2D eigenvalue weighted by Gasteiger charge is -2.03. The molecule has 1 aromatic rings. The van der Waals surface area contributed by atoms with E-state index in [4.69, 9.17) is 17.3 Å². The number of hydrogen-bond acceptors (Lipinski definition) is 3. The Hall–Kier alpha value is -1.62. The van der Waals surface area contributed by atoms with Gasteiger partial charge in [-0.2, -0.15) is 0 Å². The molecule has 1 rings (SSSR count). The molecule has 0 aliphatic carbocycles. The van der Waals surface area contributed by atoms with Gasteiger partial charge < -0.3 is 11.1 Å². The summed E-state index contributed by atoms with van der Waals surface area (Å²) in [6.45, 7) is 0.514. The summed E-state index contributed by atoms with van der Waals surface area (Å²) in [5.74, 6) is -0.359. The van der Waals surface area contributed by atoms with Crippen molar-refractivity contribution in [2.24, 2.45) is 5.73 Å². The monoisotopic (exact) mass is 241 g/mol. The second kappa shape index (κ2) is 6.07. The summed E-state index contributed by atoms with van der Waals surface area (Å²) in [5.41, 5.74) is 5.55. The maximum absolute atomic E-state index is 11.5. The quantitative estimate of drug-likeness (QED) is 0.583. The van der Waals surface area contributed by atoms with E-state index in [1.807, 2.05) is 0 Å². The van der Waals surface area contributed by atoms with Crippen LogP contribution in [0.2, 0.25) is 0 Å². The van der Waals surface area contributed by atoms with Gasteiger partial charge in [0.1, 0.15) is 5.69 Å². The van der Waals surface area contributed by atoms with Crippen molar-refractivity contribution in [2.75, 3.05) is 12.4 Å². The van der Waals surface area contributed by atoms with E-state index >= 15 is 0 Å². The molecular formula is C10H12ClN3O2. The van der Waals surface area contributed by atoms with E-state index in [-0.39, 0.29) is 11.6 Å². The Balaban J connectivity index is 2.59. The van der Waals surface area contributed by atoms with Gasteiger partial charge in [-0.1, -0.05) is 0 Å². The summed E-state index contributed by atoms with van der Waals surface area (Å²) < 4.78 is 0. The minimum atomic E-state index is -0.617. The number of nitrogens with zero attached hydrogens (tertiary/aromatic N) is 1. The first-order valence-corrected chi connectivity index (χ1v) is 5.28. The number of primary amides is 1. The lowest BCUT2D eigenvalue weighted by molar-refractivity contribution is 0.0949. The van der Waals surface area contributed by atoms with Crippen LogP contribution in [-0.4, -0.2) is 29.2 Å². The summed E-state index contributed by atoms with van der Waals surface area (Å²) in [4.78, 5) is 26.0. The highest BCUT2D eigenvalue weighted by molar-refractivity contribution is 6.17. The standard InChI is InChI=1S/C10H12ClN3O2/c11-4-1-5-13-10(16)7-2-3-8(9(12)15)14-6-7/h2-3,6H,1,4-5H2,(H2,12,15)(H,13,16). The number of carbonyl (C=O) groups is 2. The third-order valence-corrected chi connectivity index (χ3v) is 2.14. The molecule has 0 unspecified atom stereocenters. The largest absolute Gasteiger partial charge is 0.364 e. The number of rotatable bonds is 5. The van der Waals surface area contributed by atoms with Gasteiger partial charge in [-0.3, -0.25) is 14.6 Å². The fourth-order valence-corrected chi connectivity index (χ4v) is 1.18. The van der Waals surface area contributed by atoms with Crippen molar-refractivity contribution in [1.29, 1.82) is 0 Å². The zero-order valence-corrected chi connectivity index (χ0v) is 9.33. The Morgan fingerprint density at radius 2 is 2.19 bits per heavy atom. The van der Waals surface area contributed by atoms with Crippen LogP contribution in [0.1, 0.15) is 27.3 Å². The number of aromatic nitrogens is 1. The van der Waals surface area contributed by atoms with E-state index in [2.05, 4.69) is 10.3 Å². The van der Waals surface area contributed by atoms with E-state index < -0.39 is 5.91 Å². The summed E-state index contributed by atoms with van der Waals surface area (Å²) in [6.07, 6.45) is 2.02. The van der Waals surface area contributed by atoms with Crippen molar-refractivity contribution in [3.05, 3.63) is 29.6 Å². The predicted octanol–water partition coefficient (Wildman–Crippen LogP) is 0.539. The van der Waals surface area contributed by atoms with Crippen LogP contribution in [0.4, 0.5) is 0 Å². The molecule has 0 bridgehead atoms. The number of alkyl halides is 1. The van der Waals surface area contributed by atoms with Crippen molar-refractivity contribution in [3.8, 4) is 0 Å². The lowest BCUT2D eigenvalue weighted by Crippen LogP contribution is -2.25.